The minimum atomic E-state index is -1.70. The van der Waals surface area contributed by atoms with Crippen molar-refractivity contribution >= 4 is 29.0 Å². The Hall–Kier alpha value is -3.97. The van der Waals surface area contributed by atoms with E-state index in [0.29, 0.717) is 22.7 Å². The van der Waals surface area contributed by atoms with E-state index in [2.05, 4.69) is 10.6 Å². The average Bonchev–Trinajstić information content (AvgIpc) is 2.85. The number of Topliss-reactive ketones (excluding diaryl/α,β-unsaturated/α-hetero) is 1. The van der Waals surface area contributed by atoms with Gasteiger partial charge in [0.15, 0.2) is 0 Å². The van der Waals surface area contributed by atoms with Gasteiger partial charge >= 0.3 is 0 Å². The number of amides is 2. The van der Waals surface area contributed by atoms with E-state index in [-0.39, 0.29) is 6.42 Å². The molecular formula is C30H32N2O5. The van der Waals surface area contributed by atoms with Crippen LogP contribution in [0.15, 0.2) is 72.8 Å². The quantitative estimate of drug-likeness (QED) is 0.428. The molecular weight excluding hydrogens is 468 g/mol. The number of hydrogen-bond acceptors (Lipinski definition) is 5. The molecule has 7 nitrogen and oxygen atoms in total. The maximum Gasteiger partial charge on any atom is 0.235 e. The monoisotopic (exact) mass is 500 g/mol. The maximum atomic E-state index is 13.9. The molecule has 7 heteroatoms. The molecule has 2 amide bonds. The van der Waals surface area contributed by atoms with Crippen LogP contribution in [-0.2, 0) is 14.4 Å². The molecule has 4 atom stereocenters. The summed E-state index contributed by atoms with van der Waals surface area (Å²) in [7, 11) is 1.49. The SMILES string of the molecule is COc1ccccc1C1C(C(=O)Nc2ccccc2C)C(=O)CC(C)(O)C1C(=O)Nc1ccccc1C. The average molecular weight is 501 g/mol. The van der Waals surface area contributed by atoms with Gasteiger partial charge in [0.1, 0.15) is 17.5 Å². The van der Waals surface area contributed by atoms with Crippen molar-refractivity contribution in [3.63, 3.8) is 0 Å². The van der Waals surface area contributed by atoms with Crippen LogP contribution in [0.3, 0.4) is 0 Å². The topological polar surface area (TPSA) is 105 Å². The Labute approximate surface area is 216 Å². The molecule has 0 spiro atoms. The van der Waals surface area contributed by atoms with Crippen molar-refractivity contribution in [2.75, 3.05) is 17.7 Å². The number of benzene rings is 3. The van der Waals surface area contributed by atoms with Gasteiger partial charge in [-0.1, -0.05) is 54.6 Å². The van der Waals surface area contributed by atoms with Gasteiger partial charge < -0.3 is 20.5 Å². The van der Waals surface area contributed by atoms with Crippen molar-refractivity contribution in [3.8, 4) is 5.75 Å². The number of methoxy groups -OCH3 is 1. The van der Waals surface area contributed by atoms with E-state index in [1.54, 1.807) is 48.5 Å². The molecule has 37 heavy (non-hydrogen) atoms. The van der Waals surface area contributed by atoms with Gasteiger partial charge in [0.05, 0.1) is 18.6 Å². The second kappa shape index (κ2) is 10.6. The lowest BCUT2D eigenvalue weighted by Crippen LogP contribution is -2.56. The maximum absolute atomic E-state index is 13.9. The van der Waals surface area contributed by atoms with Crippen LogP contribution in [0.1, 0.15) is 36.0 Å². The predicted molar refractivity (Wildman–Crippen MR) is 143 cm³/mol. The highest BCUT2D eigenvalue weighted by Crippen LogP contribution is 2.48. The fourth-order valence-corrected chi connectivity index (χ4v) is 5.26. The first-order chi connectivity index (χ1) is 17.6. The number of aliphatic hydroxyl groups is 1. The van der Waals surface area contributed by atoms with Gasteiger partial charge in [0, 0.05) is 23.7 Å². The van der Waals surface area contributed by atoms with Crippen molar-refractivity contribution in [2.45, 2.75) is 38.7 Å². The Morgan fingerprint density at radius 2 is 1.38 bits per heavy atom. The lowest BCUT2D eigenvalue weighted by molar-refractivity contribution is -0.150. The molecule has 0 aromatic heterocycles. The van der Waals surface area contributed by atoms with Crippen molar-refractivity contribution in [3.05, 3.63) is 89.5 Å². The normalized spacial score (nSPS) is 23.3. The van der Waals surface area contributed by atoms with Gasteiger partial charge in [-0.25, -0.2) is 0 Å². The summed E-state index contributed by atoms with van der Waals surface area (Å²) in [5.74, 6) is -4.32. The molecule has 0 saturated heterocycles. The number of nitrogens with one attached hydrogen (secondary N) is 2. The number of anilines is 2. The molecule has 1 aliphatic rings. The van der Waals surface area contributed by atoms with E-state index in [0.717, 1.165) is 11.1 Å². The zero-order valence-corrected chi connectivity index (χ0v) is 21.4. The number of rotatable bonds is 6. The second-order valence-electron chi connectivity index (χ2n) is 9.83. The number of para-hydroxylation sites is 3. The summed E-state index contributed by atoms with van der Waals surface area (Å²) >= 11 is 0. The number of carbonyl (C=O) groups excluding carboxylic acids is 3. The lowest BCUT2D eigenvalue weighted by Gasteiger charge is -2.44. The van der Waals surface area contributed by atoms with E-state index in [4.69, 9.17) is 4.74 Å². The number of hydrogen-bond donors (Lipinski definition) is 3. The van der Waals surface area contributed by atoms with E-state index < -0.39 is 41.0 Å². The third-order valence-corrected chi connectivity index (χ3v) is 7.14. The fraction of sp³-hybridized carbons (Fsp3) is 0.300. The van der Waals surface area contributed by atoms with Gasteiger partial charge in [-0.3, -0.25) is 14.4 Å². The van der Waals surface area contributed by atoms with Gasteiger partial charge in [0.25, 0.3) is 0 Å². The fourth-order valence-electron chi connectivity index (χ4n) is 5.26. The zero-order chi connectivity index (χ0) is 26.7. The molecule has 1 aliphatic carbocycles. The Morgan fingerprint density at radius 3 is 1.95 bits per heavy atom. The number of ketones is 1. The summed E-state index contributed by atoms with van der Waals surface area (Å²) in [5, 5.41) is 17.3. The Bertz CT molecular complexity index is 1330. The van der Waals surface area contributed by atoms with Crippen LogP contribution in [-0.4, -0.2) is 35.4 Å². The summed E-state index contributed by atoms with van der Waals surface area (Å²) in [4.78, 5) is 41.1. The third-order valence-electron chi connectivity index (χ3n) is 7.14. The molecule has 3 aromatic carbocycles. The summed E-state index contributed by atoms with van der Waals surface area (Å²) in [6.07, 6.45) is -0.337. The standard InChI is InChI=1S/C30H32N2O5/c1-18-11-5-8-14-21(18)31-28(34)26-23(33)17-30(3,36)27(25(26)20-13-7-10-16-24(20)37-4)29(35)32-22-15-9-6-12-19(22)2/h5-16,25-27,36H,17H2,1-4H3,(H,31,34)(H,32,35). The molecule has 0 bridgehead atoms. The molecule has 1 fully saturated rings. The van der Waals surface area contributed by atoms with Crippen LogP contribution in [0.25, 0.3) is 0 Å². The Balaban J connectivity index is 1.82. The summed E-state index contributed by atoms with van der Waals surface area (Å²) in [5.41, 5.74) is 1.68. The Kier molecular flexibility index (Phi) is 7.45. The van der Waals surface area contributed by atoms with E-state index in [1.165, 1.54) is 14.0 Å². The van der Waals surface area contributed by atoms with Crippen molar-refractivity contribution in [1.29, 1.82) is 0 Å². The van der Waals surface area contributed by atoms with Crippen LogP contribution < -0.4 is 15.4 Å². The molecule has 4 rings (SSSR count). The summed E-state index contributed by atoms with van der Waals surface area (Å²) in [6.45, 7) is 5.21. The highest BCUT2D eigenvalue weighted by molar-refractivity contribution is 6.10. The second-order valence-corrected chi connectivity index (χ2v) is 9.83. The molecule has 0 aliphatic heterocycles. The van der Waals surface area contributed by atoms with Crippen LogP contribution in [0.5, 0.6) is 5.75 Å². The highest BCUT2D eigenvalue weighted by atomic mass is 16.5. The van der Waals surface area contributed by atoms with Crippen molar-refractivity contribution in [1.82, 2.24) is 0 Å². The van der Waals surface area contributed by atoms with Crippen molar-refractivity contribution < 1.29 is 24.2 Å². The largest absolute Gasteiger partial charge is 0.496 e. The minimum absolute atomic E-state index is 0.337. The van der Waals surface area contributed by atoms with Crippen molar-refractivity contribution in [2.24, 2.45) is 11.8 Å². The molecule has 192 valence electrons. The predicted octanol–water partition coefficient (Wildman–Crippen LogP) is 4.63. The first-order valence-electron chi connectivity index (χ1n) is 12.2. The van der Waals surface area contributed by atoms with Crippen LogP contribution >= 0.6 is 0 Å². The Morgan fingerprint density at radius 1 is 0.865 bits per heavy atom. The first-order valence-corrected chi connectivity index (χ1v) is 12.2. The molecule has 3 N–H and O–H groups in total. The van der Waals surface area contributed by atoms with E-state index in [9.17, 15) is 19.5 Å². The summed E-state index contributed by atoms with van der Waals surface area (Å²) < 4.78 is 5.58. The third kappa shape index (κ3) is 5.27. The number of ether oxygens (including phenoxy) is 1. The lowest BCUT2D eigenvalue weighted by atomic mass is 9.61. The van der Waals surface area contributed by atoms with Gasteiger partial charge in [-0.15, -0.1) is 0 Å². The highest BCUT2D eigenvalue weighted by Gasteiger charge is 2.56. The van der Waals surface area contributed by atoms with Crippen LogP contribution in [0.4, 0.5) is 11.4 Å². The van der Waals surface area contributed by atoms with Crippen LogP contribution in [0.2, 0.25) is 0 Å². The smallest absolute Gasteiger partial charge is 0.235 e. The minimum Gasteiger partial charge on any atom is -0.496 e. The first kappa shape index (κ1) is 26.1. The molecule has 4 unspecified atom stereocenters. The number of carbonyl (C=O) groups is 3. The van der Waals surface area contributed by atoms with E-state index >= 15 is 0 Å². The van der Waals surface area contributed by atoms with Crippen LogP contribution in [0, 0.1) is 25.7 Å². The molecule has 1 saturated carbocycles. The van der Waals surface area contributed by atoms with E-state index in [1.807, 2.05) is 38.1 Å². The zero-order valence-electron chi connectivity index (χ0n) is 21.4. The molecule has 3 aromatic rings. The summed E-state index contributed by atoms with van der Waals surface area (Å²) in [6, 6.07) is 21.6. The van der Waals surface area contributed by atoms with Gasteiger partial charge in [0.2, 0.25) is 11.8 Å². The van der Waals surface area contributed by atoms with Gasteiger partial charge in [-0.2, -0.15) is 0 Å². The van der Waals surface area contributed by atoms with Gasteiger partial charge in [-0.05, 0) is 55.7 Å². The molecule has 0 radical (unpaired) electrons. The number of aryl methyl sites for hydroxylation is 2. The molecule has 0 heterocycles.